The van der Waals surface area contributed by atoms with E-state index >= 15 is 0 Å². The van der Waals surface area contributed by atoms with Crippen LogP contribution < -0.4 is 5.32 Å². The summed E-state index contributed by atoms with van der Waals surface area (Å²) in [4.78, 5) is 7.76. The molecule has 1 aliphatic heterocycles. The highest BCUT2D eigenvalue weighted by atomic mass is 35.5. The summed E-state index contributed by atoms with van der Waals surface area (Å²) >= 11 is 5.67. The fraction of sp³-hybridized carbons (Fsp3) is 0.600. The molecule has 0 saturated carbocycles. The van der Waals surface area contributed by atoms with Gasteiger partial charge < -0.3 is 5.32 Å². The summed E-state index contributed by atoms with van der Waals surface area (Å²) in [7, 11) is -1.05. The molecule has 1 fully saturated rings. The molecule has 1 aromatic rings. The minimum atomic E-state index is -1.05. The van der Waals surface area contributed by atoms with Crippen LogP contribution >= 0.6 is 11.6 Å². The van der Waals surface area contributed by atoms with Crippen molar-refractivity contribution in [3.05, 3.63) is 17.5 Å². The molecule has 0 amide bonds. The minimum Gasteiger partial charge on any atom is -0.317 e. The van der Waals surface area contributed by atoms with Gasteiger partial charge in [0.2, 0.25) is 5.28 Å². The molecular formula is C10H14ClN3OS. The van der Waals surface area contributed by atoms with Gasteiger partial charge in [-0.1, -0.05) is 0 Å². The Morgan fingerprint density at radius 1 is 1.50 bits per heavy atom. The minimum absolute atomic E-state index is 0.163. The Morgan fingerprint density at radius 3 is 2.94 bits per heavy atom. The van der Waals surface area contributed by atoms with Gasteiger partial charge >= 0.3 is 0 Å². The van der Waals surface area contributed by atoms with Crippen molar-refractivity contribution in [3.8, 4) is 0 Å². The maximum absolute atomic E-state index is 12.0. The second kappa shape index (κ2) is 5.70. The molecule has 4 nitrogen and oxygen atoms in total. The number of hydrogen-bond donors (Lipinski definition) is 1. The van der Waals surface area contributed by atoms with Gasteiger partial charge in [0, 0.05) is 11.9 Å². The maximum atomic E-state index is 12.0. The number of piperidine rings is 1. The van der Waals surface area contributed by atoms with E-state index < -0.39 is 10.8 Å². The highest BCUT2D eigenvalue weighted by Gasteiger charge is 2.17. The first-order chi connectivity index (χ1) is 7.75. The first-order valence-electron chi connectivity index (χ1n) is 5.33. The molecule has 88 valence electrons. The SMILES string of the molecule is O=[S@@](CC1CCNCC1)c1ccnc(Cl)n1. The maximum Gasteiger partial charge on any atom is 0.223 e. The lowest BCUT2D eigenvalue weighted by Gasteiger charge is -2.21. The smallest absolute Gasteiger partial charge is 0.223 e. The molecule has 1 atom stereocenters. The van der Waals surface area contributed by atoms with Crippen LogP contribution in [0.2, 0.25) is 5.28 Å². The number of rotatable bonds is 3. The summed E-state index contributed by atoms with van der Waals surface area (Å²) < 4.78 is 12.0. The third kappa shape index (κ3) is 3.23. The van der Waals surface area contributed by atoms with Crippen LogP contribution in [0.25, 0.3) is 0 Å². The second-order valence-electron chi connectivity index (χ2n) is 3.87. The molecular weight excluding hydrogens is 246 g/mol. The standard InChI is InChI=1S/C10H14ClN3OS/c11-10-13-6-3-9(14-10)16(15)7-8-1-4-12-5-2-8/h3,6,8,12H,1-2,4-5,7H2/t16-/m0/s1. The zero-order chi connectivity index (χ0) is 11.4. The first kappa shape index (κ1) is 12.0. The van der Waals surface area contributed by atoms with E-state index in [-0.39, 0.29) is 5.28 Å². The van der Waals surface area contributed by atoms with Crippen LogP contribution in [-0.4, -0.2) is 33.0 Å². The van der Waals surface area contributed by atoms with Crippen LogP contribution in [0.3, 0.4) is 0 Å². The van der Waals surface area contributed by atoms with Crippen molar-refractivity contribution in [3.63, 3.8) is 0 Å². The highest BCUT2D eigenvalue weighted by Crippen LogP contribution is 2.16. The van der Waals surface area contributed by atoms with Crippen molar-refractivity contribution in [2.75, 3.05) is 18.8 Å². The van der Waals surface area contributed by atoms with Gasteiger partial charge in [-0.25, -0.2) is 9.97 Å². The highest BCUT2D eigenvalue weighted by molar-refractivity contribution is 7.84. The predicted octanol–water partition coefficient (Wildman–Crippen LogP) is 1.24. The Labute approximate surface area is 102 Å². The Kier molecular flexibility index (Phi) is 4.26. The van der Waals surface area contributed by atoms with Crippen molar-refractivity contribution in [1.82, 2.24) is 15.3 Å². The molecule has 1 aliphatic rings. The molecule has 16 heavy (non-hydrogen) atoms. The van der Waals surface area contributed by atoms with Gasteiger partial charge in [-0.05, 0) is 49.5 Å². The summed E-state index contributed by atoms with van der Waals surface area (Å²) in [5, 5.41) is 3.99. The van der Waals surface area contributed by atoms with Crippen molar-refractivity contribution in [2.24, 2.45) is 5.92 Å². The largest absolute Gasteiger partial charge is 0.317 e. The average molecular weight is 260 g/mol. The summed E-state index contributed by atoms with van der Waals surface area (Å²) in [6.07, 6.45) is 3.72. The topological polar surface area (TPSA) is 54.9 Å². The Bertz CT molecular complexity index is 382. The summed E-state index contributed by atoms with van der Waals surface area (Å²) in [6, 6.07) is 1.67. The summed E-state index contributed by atoms with van der Waals surface area (Å²) in [5.41, 5.74) is 0. The van der Waals surface area contributed by atoms with E-state index in [0.29, 0.717) is 16.7 Å². The third-order valence-electron chi connectivity index (χ3n) is 2.68. The average Bonchev–Trinajstić information content (AvgIpc) is 2.30. The number of aromatic nitrogens is 2. The van der Waals surface area contributed by atoms with Gasteiger partial charge in [0.25, 0.3) is 0 Å². The fourth-order valence-corrected chi connectivity index (χ4v) is 3.32. The van der Waals surface area contributed by atoms with Crippen molar-refractivity contribution in [2.45, 2.75) is 17.9 Å². The number of hydrogen-bond acceptors (Lipinski definition) is 4. The van der Waals surface area contributed by atoms with Crippen molar-refractivity contribution in [1.29, 1.82) is 0 Å². The molecule has 6 heteroatoms. The Morgan fingerprint density at radius 2 is 2.25 bits per heavy atom. The lowest BCUT2D eigenvalue weighted by Crippen LogP contribution is -2.30. The molecule has 0 aliphatic carbocycles. The van der Waals surface area contributed by atoms with Crippen LogP contribution in [0.4, 0.5) is 0 Å². The molecule has 0 unspecified atom stereocenters. The fourth-order valence-electron chi connectivity index (χ4n) is 1.79. The van der Waals surface area contributed by atoms with Gasteiger partial charge in [0.1, 0.15) is 5.03 Å². The molecule has 1 aromatic heterocycles. The predicted molar refractivity (Wildman–Crippen MR) is 63.9 cm³/mol. The summed E-state index contributed by atoms with van der Waals surface area (Å²) in [6.45, 7) is 2.04. The van der Waals surface area contributed by atoms with E-state index in [1.54, 1.807) is 12.3 Å². The molecule has 0 radical (unpaired) electrons. The van der Waals surface area contributed by atoms with Crippen molar-refractivity contribution < 1.29 is 4.21 Å². The molecule has 1 saturated heterocycles. The first-order valence-corrected chi connectivity index (χ1v) is 7.03. The number of halogens is 1. The van der Waals surface area contributed by atoms with E-state index in [4.69, 9.17) is 11.6 Å². The molecule has 0 bridgehead atoms. The molecule has 1 N–H and O–H groups in total. The molecule has 0 spiro atoms. The zero-order valence-electron chi connectivity index (χ0n) is 8.86. The van der Waals surface area contributed by atoms with E-state index in [1.807, 2.05) is 0 Å². The second-order valence-corrected chi connectivity index (χ2v) is 5.65. The van der Waals surface area contributed by atoms with Gasteiger partial charge in [0.15, 0.2) is 0 Å². The monoisotopic (exact) mass is 259 g/mol. The molecule has 2 rings (SSSR count). The van der Waals surface area contributed by atoms with Gasteiger partial charge in [0.05, 0.1) is 10.8 Å². The number of nitrogens with zero attached hydrogens (tertiary/aromatic N) is 2. The Balaban J connectivity index is 1.97. The van der Waals surface area contributed by atoms with Crippen molar-refractivity contribution >= 4 is 22.4 Å². The van der Waals surface area contributed by atoms with Gasteiger partial charge in [-0.2, -0.15) is 0 Å². The lowest BCUT2D eigenvalue weighted by molar-refractivity contribution is 0.405. The number of nitrogens with one attached hydrogen (secondary N) is 1. The summed E-state index contributed by atoms with van der Waals surface area (Å²) in [5.74, 6) is 1.20. The van der Waals surface area contributed by atoms with E-state index in [2.05, 4.69) is 15.3 Å². The van der Waals surface area contributed by atoms with Crippen LogP contribution in [0, 0.1) is 5.92 Å². The van der Waals surface area contributed by atoms with Crippen LogP contribution in [0.15, 0.2) is 17.3 Å². The quantitative estimate of drug-likeness (QED) is 0.656. The van der Waals surface area contributed by atoms with Crippen LogP contribution in [-0.2, 0) is 10.8 Å². The van der Waals surface area contributed by atoms with Gasteiger partial charge in [-0.15, -0.1) is 0 Å². The normalized spacial score (nSPS) is 19.6. The van der Waals surface area contributed by atoms with Crippen LogP contribution in [0.5, 0.6) is 0 Å². The van der Waals surface area contributed by atoms with Gasteiger partial charge in [-0.3, -0.25) is 4.21 Å². The van der Waals surface area contributed by atoms with E-state index in [9.17, 15) is 4.21 Å². The Hall–Kier alpha value is -0.520. The van der Waals surface area contributed by atoms with Crippen LogP contribution in [0.1, 0.15) is 12.8 Å². The zero-order valence-corrected chi connectivity index (χ0v) is 10.4. The lowest BCUT2D eigenvalue weighted by atomic mass is 10.0. The molecule has 2 heterocycles. The van der Waals surface area contributed by atoms with E-state index in [0.717, 1.165) is 25.9 Å². The molecule has 0 aromatic carbocycles. The third-order valence-corrected chi connectivity index (χ3v) is 4.33. The van der Waals surface area contributed by atoms with E-state index in [1.165, 1.54) is 0 Å².